The lowest BCUT2D eigenvalue weighted by atomic mass is 9.95. The van der Waals surface area contributed by atoms with Crippen molar-refractivity contribution in [2.24, 2.45) is 5.92 Å². The van der Waals surface area contributed by atoms with Gasteiger partial charge in [-0.15, -0.1) is 0 Å². The molecule has 0 unspecified atom stereocenters. The highest BCUT2D eigenvalue weighted by Gasteiger charge is 2.25. The van der Waals surface area contributed by atoms with Gasteiger partial charge in [0.25, 0.3) is 0 Å². The van der Waals surface area contributed by atoms with Crippen LogP contribution in [0.25, 0.3) is 0 Å². The Morgan fingerprint density at radius 3 is 2.42 bits per heavy atom. The van der Waals surface area contributed by atoms with Crippen molar-refractivity contribution >= 4 is 17.4 Å². The van der Waals surface area contributed by atoms with Crippen LogP contribution in [0.15, 0.2) is 24.3 Å². The van der Waals surface area contributed by atoms with Crippen LogP contribution in [0.5, 0.6) is 0 Å². The second-order valence-corrected chi connectivity index (χ2v) is 7.27. The molecule has 0 saturated carbocycles. The summed E-state index contributed by atoms with van der Waals surface area (Å²) >= 11 is 0. The molecular formula is C20H30N3O3+. The maximum Gasteiger partial charge on any atom is 0.223 e. The van der Waals surface area contributed by atoms with E-state index >= 15 is 0 Å². The molecule has 0 aliphatic carbocycles. The van der Waals surface area contributed by atoms with E-state index in [1.165, 1.54) is 4.90 Å². The second-order valence-electron chi connectivity index (χ2n) is 7.27. The lowest BCUT2D eigenvalue weighted by molar-refractivity contribution is -0.906. The predicted octanol–water partition coefficient (Wildman–Crippen LogP) is 0.137. The van der Waals surface area contributed by atoms with E-state index in [0.29, 0.717) is 0 Å². The Hall–Kier alpha value is -1.92. The van der Waals surface area contributed by atoms with Gasteiger partial charge in [0.15, 0.2) is 5.78 Å². The summed E-state index contributed by atoms with van der Waals surface area (Å²) in [4.78, 5) is 27.6. The maximum atomic E-state index is 12.4. The monoisotopic (exact) mass is 360 g/mol. The number of Topliss-reactive ketones (excluding diaryl/α,β-unsaturated/α-hetero) is 1. The molecule has 0 aromatic heterocycles. The summed E-state index contributed by atoms with van der Waals surface area (Å²) in [6.07, 6.45) is 1.76. The fourth-order valence-electron chi connectivity index (χ4n) is 3.72. The third-order valence-corrected chi connectivity index (χ3v) is 5.48. The molecule has 2 heterocycles. The summed E-state index contributed by atoms with van der Waals surface area (Å²) in [7, 11) is 0. The number of nitrogens with one attached hydrogen (secondary N) is 2. The van der Waals surface area contributed by atoms with Crippen molar-refractivity contribution in [3.05, 3.63) is 29.8 Å². The van der Waals surface area contributed by atoms with Gasteiger partial charge in [0.05, 0.1) is 26.3 Å². The van der Waals surface area contributed by atoms with Crippen molar-refractivity contribution < 1.29 is 19.2 Å². The Morgan fingerprint density at radius 2 is 1.81 bits per heavy atom. The third kappa shape index (κ3) is 5.05. The van der Waals surface area contributed by atoms with Crippen molar-refractivity contribution in [1.82, 2.24) is 5.32 Å². The zero-order valence-corrected chi connectivity index (χ0v) is 15.6. The third-order valence-electron chi connectivity index (χ3n) is 5.48. The SMILES string of the molecule is CC(=O)c1ccc(N2CCC(C(=O)NCC[NH+]3CCOCC3)CC2)cc1. The number of quaternary nitrogens is 1. The van der Waals surface area contributed by atoms with Gasteiger partial charge < -0.3 is 19.9 Å². The Labute approximate surface area is 155 Å². The summed E-state index contributed by atoms with van der Waals surface area (Å²) in [5, 5.41) is 3.12. The fourth-order valence-corrected chi connectivity index (χ4v) is 3.72. The Kier molecular flexibility index (Phi) is 6.63. The lowest BCUT2D eigenvalue weighted by Gasteiger charge is -2.33. The van der Waals surface area contributed by atoms with Crippen LogP contribution in [0.2, 0.25) is 0 Å². The number of carbonyl (C=O) groups excluding carboxylic acids is 2. The van der Waals surface area contributed by atoms with Gasteiger partial charge in [-0.05, 0) is 44.0 Å². The number of amides is 1. The Bertz CT molecular complexity index is 603. The largest absolute Gasteiger partial charge is 0.371 e. The van der Waals surface area contributed by atoms with Gasteiger partial charge >= 0.3 is 0 Å². The molecule has 2 saturated heterocycles. The van der Waals surface area contributed by atoms with Crippen molar-refractivity contribution in [1.29, 1.82) is 0 Å². The minimum Gasteiger partial charge on any atom is -0.371 e. The van der Waals surface area contributed by atoms with E-state index in [-0.39, 0.29) is 17.6 Å². The molecular weight excluding hydrogens is 330 g/mol. The van der Waals surface area contributed by atoms with Gasteiger partial charge in [0.1, 0.15) is 13.1 Å². The molecule has 1 aromatic carbocycles. The van der Waals surface area contributed by atoms with E-state index in [9.17, 15) is 9.59 Å². The number of benzene rings is 1. The number of hydrogen-bond donors (Lipinski definition) is 2. The molecule has 0 atom stereocenters. The summed E-state index contributed by atoms with van der Waals surface area (Å²) in [6.45, 7) is 8.81. The first-order valence-electron chi connectivity index (χ1n) is 9.68. The minimum absolute atomic E-state index is 0.0887. The topological polar surface area (TPSA) is 63.1 Å². The highest BCUT2D eigenvalue weighted by molar-refractivity contribution is 5.94. The van der Waals surface area contributed by atoms with E-state index in [2.05, 4.69) is 10.2 Å². The van der Waals surface area contributed by atoms with Gasteiger partial charge in [-0.3, -0.25) is 9.59 Å². The quantitative estimate of drug-likeness (QED) is 0.709. The standard InChI is InChI=1S/C20H29N3O3/c1-16(24)17-2-4-19(5-3-17)23-9-6-18(7-10-23)20(25)21-8-11-22-12-14-26-15-13-22/h2-5,18H,6-15H2,1H3,(H,21,25)/p+1. The first-order chi connectivity index (χ1) is 12.6. The number of carbonyl (C=O) groups is 2. The molecule has 6 heteroatoms. The molecule has 1 aromatic rings. The molecule has 26 heavy (non-hydrogen) atoms. The molecule has 2 N–H and O–H groups in total. The van der Waals surface area contributed by atoms with Gasteiger partial charge in [0, 0.05) is 30.3 Å². The molecule has 0 radical (unpaired) electrons. The number of morpholine rings is 1. The summed E-state index contributed by atoms with van der Waals surface area (Å²) in [5.41, 5.74) is 1.87. The van der Waals surface area contributed by atoms with Crippen LogP contribution in [0.3, 0.4) is 0 Å². The van der Waals surface area contributed by atoms with Crippen LogP contribution in [0.1, 0.15) is 30.1 Å². The van der Waals surface area contributed by atoms with Gasteiger partial charge in [-0.25, -0.2) is 0 Å². The lowest BCUT2D eigenvalue weighted by Crippen LogP contribution is -3.14. The van der Waals surface area contributed by atoms with E-state index in [1.54, 1.807) is 6.92 Å². The number of piperidine rings is 1. The van der Waals surface area contributed by atoms with Crippen molar-refractivity contribution in [2.45, 2.75) is 19.8 Å². The average Bonchev–Trinajstić information content (AvgIpc) is 2.69. The van der Waals surface area contributed by atoms with E-state index in [0.717, 1.165) is 76.6 Å². The van der Waals surface area contributed by atoms with Crippen LogP contribution in [0.4, 0.5) is 5.69 Å². The molecule has 2 aliphatic rings. The van der Waals surface area contributed by atoms with Crippen molar-refractivity contribution in [3.63, 3.8) is 0 Å². The molecule has 0 bridgehead atoms. The van der Waals surface area contributed by atoms with E-state index in [4.69, 9.17) is 4.74 Å². The first-order valence-corrected chi connectivity index (χ1v) is 9.68. The number of nitrogens with zero attached hydrogens (tertiary/aromatic N) is 1. The number of ether oxygens (including phenoxy) is 1. The molecule has 3 rings (SSSR count). The zero-order chi connectivity index (χ0) is 18.4. The number of ketones is 1. The van der Waals surface area contributed by atoms with Crippen LogP contribution in [-0.4, -0.2) is 64.2 Å². The van der Waals surface area contributed by atoms with Gasteiger partial charge in [-0.1, -0.05) is 0 Å². The first kappa shape index (κ1) is 18.9. The van der Waals surface area contributed by atoms with Gasteiger partial charge in [-0.2, -0.15) is 0 Å². The number of hydrogen-bond acceptors (Lipinski definition) is 4. The fraction of sp³-hybridized carbons (Fsp3) is 0.600. The molecule has 2 aliphatic heterocycles. The van der Waals surface area contributed by atoms with E-state index < -0.39 is 0 Å². The average molecular weight is 360 g/mol. The zero-order valence-electron chi connectivity index (χ0n) is 15.6. The molecule has 142 valence electrons. The molecule has 6 nitrogen and oxygen atoms in total. The Balaban J connectivity index is 1.39. The summed E-state index contributed by atoms with van der Waals surface area (Å²) in [5.74, 6) is 0.400. The minimum atomic E-state index is 0.0887. The van der Waals surface area contributed by atoms with Crippen LogP contribution >= 0.6 is 0 Å². The van der Waals surface area contributed by atoms with Crippen molar-refractivity contribution in [3.8, 4) is 0 Å². The molecule has 2 fully saturated rings. The van der Waals surface area contributed by atoms with Crippen LogP contribution in [0, 0.1) is 5.92 Å². The summed E-state index contributed by atoms with van der Waals surface area (Å²) in [6, 6.07) is 7.76. The normalized spacial score (nSPS) is 19.3. The Morgan fingerprint density at radius 1 is 1.15 bits per heavy atom. The smallest absolute Gasteiger partial charge is 0.223 e. The number of rotatable bonds is 6. The van der Waals surface area contributed by atoms with Crippen molar-refractivity contribution in [2.75, 3.05) is 57.4 Å². The molecule has 1 amide bonds. The summed E-state index contributed by atoms with van der Waals surface area (Å²) < 4.78 is 5.36. The highest BCUT2D eigenvalue weighted by Crippen LogP contribution is 2.23. The molecule has 0 spiro atoms. The van der Waals surface area contributed by atoms with E-state index in [1.807, 2.05) is 24.3 Å². The highest BCUT2D eigenvalue weighted by atomic mass is 16.5. The number of anilines is 1. The second kappa shape index (κ2) is 9.14. The van der Waals surface area contributed by atoms with Crippen LogP contribution in [-0.2, 0) is 9.53 Å². The predicted molar refractivity (Wildman–Crippen MR) is 101 cm³/mol. The van der Waals surface area contributed by atoms with Crippen LogP contribution < -0.4 is 15.1 Å². The van der Waals surface area contributed by atoms with Gasteiger partial charge in [0.2, 0.25) is 5.91 Å². The maximum absolute atomic E-state index is 12.4.